The van der Waals surface area contributed by atoms with Crippen molar-refractivity contribution in [3.05, 3.63) is 34.5 Å². The van der Waals surface area contributed by atoms with E-state index in [-0.39, 0.29) is 0 Å². The van der Waals surface area contributed by atoms with Crippen LogP contribution in [-0.4, -0.2) is 4.98 Å². The second-order valence-electron chi connectivity index (χ2n) is 11.2. The summed E-state index contributed by atoms with van der Waals surface area (Å²) in [6.07, 6.45) is 31.4. The van der Waals surface area contributed by atoms with Crippen molar-refractivity contribution >= 4 is 22.5 Å². The third-order valence-corrected chi connectivity index (χ3v) is 8.45. The van der Waals surface area contributed by atoms with Gasteiger partial charge >= 0.3 is 0 Å². The van der Waals surface area contributed by atoms with Crippen molar-refractivity contribution in [3.63, 3.8) is 0 Å². The molecule has 192 valence electrons. The van der Waals surface area contributed by atoms with Gasteiger partial charge in [-0.15, -0.1) is 0 Å². The lowest BCUT2D eigenvalue weighted by molar-refractivity contribution is 0.403. The van der Waals surface area contributed by atoms with Gasteiger partial charge in [0.15, 0.2) is 0 Å². The van der Waals surface area contributed by atoms with E-state index >= 15 is 0 Å². The zero-order valence-electron chi connectivity index (χ0n) is 22.2. The maximum atomic E-state index is 6.26. The molecule has 2 heteroatoms. The zero-order valence-corrected chi connectivity index (χ0v) is 23.0. The van der Waals surface area contributed by atoms with Gasteiger partial charge in [-0.05, 0) is 48.9 Å². The lowest BCUT2D eigenvalue weighted by Crippen LogP contribution is -2.13. The molecule has 3 rings (SSSR count). The van der Waals surface area contributed by atoms with Gasteiger partial charge in [0.2, 0.25) is 0 Å². The Morgan fingerprint density at radius 2 is 1.26 bits per heavy atom. The summed E-state index contributed by atoms with van der Waals surface area (Å²) in [4.78, 5) is 3.63. The standard InChI is InChI=1S/C32H52ClN/c1-2-3-4-5-6-7-8-9-10-11-12-13-14-15-16-17-18-19-20-27-21-23-31-29(25-27)30-26-28(33)22-24-32(30)34-31/h22,24,26-27,34H,2-21,23,25H2,1H3. The minimum atomic E-state index is 0.861. The molecule has 1 aliphatic rings. The van der Waals surface area contributed by atoms with E-state index in [1.165, 1.54) is 158 Å². The molecular weight excluding hydrogens is 434 g/mol. The summed E-state index contributed by atoms with van der Waals surface area (Å²) in [5.74, 6) is 0.867. The Balaban J connectivity index is 1.10. The smallest absolute Gasteiger partial charge is 0.0460 e. The first kappa shape index (κ1) is 27.6. The molecule has 0 aliphatic heterocycles. The summed E-state index contributed by atoms with van der Waals surface area (Å²) in [5.41, 5.74) is 4.28. The van der Waals surface area contributed by atoms with Crippen LogP contribution in [0.25, 0.3) is 10.9 Å². The van der Waals surface area contributed by atoms with Crippen LogP contribution in [0.1, 0.15) is 147 Å². The topological polar surface area (TPSA) is 15.8 Å². The molecular formula is C32H52ClN. The van der Waals surface area contributed by atoms with Crippen molar-refractivity contribution in [1.82, 2.24) is 4.98 Å². The maximum Gasteiger partial charge on any atom is 0.0460 e. The van der Waals surface area contributed by atoms with Crippen molar-refractivity contribution in [2.24, 2.45) is 5.92 Å². The average Bonchev–Trinajstić information content (AvgIpc) is 3.20. The number of H-pyrrole nitrogens is 1. The van der Waals surface area contributed by atoms with Crippen LogP contribution in [0.15, 0.2) is 18.2 Å². The minimum absolute atomic E-state index is 0.861. The SMILES string of the molecule is CCCCCCCCCCCCCCCCCCCCC1CCc2[nH]c3ccc(Cl)cc3c2C1. The van der Waals surface area contributed by atoms with Crippen LogP contribution >= 0.6 is 11.6 Å². The molecule has 0 spiro atoms. The van der Waals surface area contributed by atoms with Gasteiger partial charge in [-0.2, -0.15) is 0 Å². The molecule has 1 aromatic heterocycles. The minimum Gasteiger partial charge on any atom is -0.358 e. The Bertz CT molecular complexity index is 792. The second kappa shape index (κ2) is 16.7. The monoisotopic (exact) mass is 485 g/mol. The van der Waals surface area contributed by atoms with E-state index in [0.29, 0.717) is 0 Å². The lowest BCUT2D eigenvalue weighted by Gasteiger charge is -2.22. The molecule has 2 aromatic rings. The molecule has 0 fully saturated rings. The van der Waals surface area contributed by atoms with Gasteiger partial charge in [0, 0.05) is 21.6 Å². The van der Waals surface area contributed by atoms with Crippen LogP contribution in [0, 0.1) is 5.92 Å². The third-order valence-electron chi connectivity index (χ3n) is 8.22. The predicted molar refractivity (Wildman–Crippen MR) is 152 cm³/mol. The van der Waals surface area contributed by atoms with Gasteiger partial charge in [-0.25, -0.2) is 0 Å². The van der Waals surface area contributed by atoms with Gasteiger partial charge in [0.1, 0.15) is 0 Å². The fourth-order valence-corrected chi connectivity index (χ4v) is 6.21. The van der Waals surface area contributed by atoms with Crippen LogP contribution in [0.3, 0.4) is 0 Å². The summed E-state index contributed by atoms with van der Waals surface area (Å²) >= 11 is 6.26. The molecule has 1 atom stereocenters. The predicted octanol–water partition coefficient (Wildman–Crippen LogP) is 11.4. The van der Waals surface area contributed by atoms with Gasteiger partial charge in [0.25, 0.3) is 0 Å². The molecule has 1 aromatic carbocycles. The van der Waals surface area contributed by atoms with Gasteiger partial charge in [-0.1, -0.05) is 141 Å². The quantitative estimate of drug-likeness (QED) is 0.190. The first-order chi connectivity index (χ1) is 16.8. The highest BCUT2D eigenvalue weighted by Gasteiger charge is 2.22. The highest BCUT2D eigenvalue weighted by atomic mass is 35.5. The van der Waals surface area contributed by atoms with Gasteiger partial charge in [0.05, 0.1) is 0 Å². The Labute approximate surface area is 215 Å². The van der Waals surface area contributed by atoms with Gasteiger partial charge in [-0.3, -0.25) is 0 Å². The summed E-state index contributed by atoms with van der Waals surface area (Å²) < 4.78 is 0. The van der Waals surface area contributed by atoms with Crippen LogP contribution in [0.2, 0.25) is 5.02 Å². The molecule has 0 radical (unpaired) electrons. The van der Waals surface area contributed by atoms with Crippen molar-refractivity contribution in [1.29, 1.82) is 0 Å². The van der Waals surface area contributed by atoms with E-state index in [0.717, 1.165) is 10.9 Å². The molecule has 0 saturated carbocycles. The third kappa shape index (κ3) is 9.96. The van der Waals surface area contributed by atoms with Crippen LogP contribution in [0.5, 0.6) is 0 Å². The Kier molecular flexibility index (Phi) is 13.6. The van der Waals surface area contributed by atoms with E-state index in [4.69, 9.17) is 11.6 Å². The Morgan fingerprint density at radius 3 is 1.82 bits per heavy atom. The number of aromatic amines is 1. The average molecular weight is 486 g/mol. The van der Waals surface area contributed by atoms with E-state index in [1.807, 2.05) is 6.07 Å². The number of fused-ring (bicyclic) bond motifs is 3. The van der Waals surface area contributed by atoms with E-state index in [2.05, 4.69) is 24.0 Å². The first-order valence-corrected chi connectivity index (χ1v) is 15.4. The van der Waals surface area contributed by atoms with Crippen molar-refractivity contribution < 1.29 is 0 Å². The molecule has 1 nitrogen and oxygen atoms in total. The van der Waals surface area contributed by atoms with E-state index < -0.39 is 0 Å². The number of hydrogen-bond donors (Lipinski definition) is 1. The molecule has 1 heterocycles. The number of benzene rings is 1. The summed E-state index contributed by atoms with van der Waals surface area (Å²) in [6, 6.07) is 6.30. The van der Waals surface area contributed by atoms with Crippen molar-refractivity contribution in [2.75, 3.05) is 0 Å². The number of halogens is 1. The largest absolute Gasteiger partial charge is 0.358 e. The van der Waals surface area contributed by atoms with Gasteiger partial charge < -0.3 is 4.98 Å². The van der Waals surface area contributed by atoms with Crippen molar-refractivity contribution in [3.8, 4) is 0 Å². The molecule has 1 unspecified atom stereocenters. The molecule has 1 N–H and O–H groups in total. The second-order valence-corrected chi connectivity index (χ2v) is 11.6. The van der Waals surface area contributed by atoms with Crippen LogP contribution in [-0.2, 0) is 12.8 Å². The Hall–Kier alpha value is -0.950. The number of unbranched alkanes of at least 4 members (excludes halogenated alkanes) is 17. The van der Waals surface area contributed by atoms with Crippen molar-refractivity contribution in [2.45, 2.75) is 148 Å². The highest BCUT2D eigenvalue weighted by molar-refractivity contribution is 6.31. The molecule has 0 bridgehead atoms. The molecule has 1 aliphatic carbocycles. The van der Waals surface area contributed by atoms with E-state index in [1.54, 1.807) is 5.56 Å². The fourth-order valence-electron chi connectivity index (χ4n) is 6.04. The fraction of sp³-hybridized carbons (Fsp3) is 0.750. The summed E-state index contributed by atoms with van der Waals surface area (Å²) in [5, 5.41) is 2.23. The van der Waals surface area contributed by atoms with E-state index in [9.17, 15) is 0 Å². The molecule has 0 saturated heterocycles. The number of aromatic nitrogens is 1. The van der Waals surface area contributed by atoms with Crippen LogP contribution in [0.4, 0.5) is 0 Å². The Morgan fingerprint density at radius 1 is 0.735 bits per heavy atom. The molecule has 34 heavy (non-hydrogen) atoms. The normalized spacial score (nSPS) is 15.8. The van der Waals surface area contributed by atoms with Crippen LogP contribution < -0.4 is 0 Å². The molecule has 0 amide bonds. The summed E-state index contributed by atoms with van der Waals surface area (Å²) in [7, 11) is 0. The highest BCUT2D eigenvalue weighted by Crippen LogP contribution is 2.35. The zero-order chi connectivity index (χ0) is 23.8. The number of hydrogen-bond acceptors (Lipinski definition) is 0. The summed E-state index contributed by atoms with van der Waals surface area (Å²) in [6.45, 7) is 2.30. The number of aryl methyl sites for hydroxylation is 1. The number of nitrogens with one attached hydrogen (secondary N) is 1. The first-order valence-electron chi connectivity index (χ1n) is 15.1. The maximum absolute atomic E-state index is 6.26. The lowest BCUT2D eigenvalue weighted by atomic mass is 9.83. The number of rotatable bonds is 19.